The number of carboxylic acids is 1. The van der Waals surface area contributed by atoms with Crippen LogP contribution in [0.4, 0.5) is 5.00 Å². The molecular formula is C24H32N2O4S. The molecule has 31 heavy (non-hydrogen) atoms. The summed E-state index contributed by atoms with van der Waals surface area (Å²) in [5, 5.41) is 16.5. The van der Waals surface area contributed by atoms with Crippen LogP contribution in [0, 0.1) is 30.6 Å². The minimum absolute atomic E-state index is 0.0580. The third kappa shape index (κ3) is 4.29. The van der Waals surface area contributed by atoms with Crippen molar-refractivity contribution in [1.82, 2.24) is 5.32 Å². The van der Waals surface area contributed by atoms with Crippen molar-refractivity contribution in [3.05, 3.63) is 28.2 Å². The lowest BCUT2D eigenvalue weighted by Gasteiger charge is -2.41. The fourth-order valence-corrected chi connectivity index (χ4v) is 6.87. The Morgan fingerprint density at radius 1 is 1.03 bits per heavy atom. The lowest BCUT2D eigenvalue weighted by Crippen LogP contribution is -2.47. The average Bonchev–Trinajstić information content (AvgIpc) is 3.09. The maximum absolute atomic E-state index is 13.3. The zero-order chi connectivity index (χ0) is 22.1. The summed E-state index contributed by atoms with van der Waals surface area (Å²) in [4.78, 5) is 39.5. The van der Waals surface area contributed by atoms with Crippen molar-refractivity contribution in [2.75, 3.05) is 5.32 Å². The molecule has 2 saturated carbocycles. The number of nitrogens with one attached hydrogen (secondary N) is 2. The van der Waals surface area contributed by atoms with Crippen molar-refractivity contribution >= 4 is 34.1 Å². The van der Waals surface area contributed by atoms with E-state index in [0.717, 1.165) is 49.0 Å². The molecule has 2 fully saturated rings. The van der Waals surface area contributed by atoms with E-state index in [0.29, 0.717) is 17.0 Å². The Morgan fingerprint density at radius 2 is 1.68 bits per heavy atom. The molecule has 7 heteroatoms. The first kappa shape index (κ1) is 22.1. The van der Waals surface area contributed by atoms with Gasteiger partial charge in [-0.3, -0.25) is 14.4 Å². The van der Waals surface area contributed by atoms with Crippen molar-refractivity contribution in [3.63, 3.8) is 0 Å². The van der Waals surface area contributed by atoms with Crippen LogP contribution in [0.5, 0.6) is 0 Å². The average molecular weight is 445 g/mol. The predicted molar refractivity (Wildman–Crippen MR) is 121 cm³/mol. The van der Waals surface area contributed by atoms with Gasteiger partial charge in [0, 0.05) is 10.9 Å². The molecule has 3 N–H and O–H groups in total. The van der Waals surface area contributed by atoms with Gasteiger partial charge >= 0.3 is 5.97 Å². The van der Waals surface area contributed by atoms with Crippen LogP contribution >= 0.6 is 11.3 Å². The second-order valence-corrected chi connectivity index (χ2v) is 10.4. The van der Waals surface area contributed by atoms with E-state index in [1.165, 1.54) is 17.8 Å². The van der Waals surface area contributed by atoms with Crippen LogP contribution in [0.25, 0.3) is 0 Å². The third-order valence-electron chi connectivity index (χ3n) is 7.30. The smallest absolute Gasteiger partial charge is 0.307 e. The van der Waals surface area contributed by atoms with E-state index in [2.05, 4.69) is 10.6 Å². The Bertz CT molecular complexity index is 900. The molecule has 6 nitrogen and oxygen atoms in total. The Hall–Kier alpha value is -2.15. The van der Waals surface area contributed by atoms with Crippen LogP contribution < -0.4 is 10.6 Å². The predicted octanol–water partition coefficient (Wildman–Crippen LogP) is 4.53. The van der Waals surface area contributed by atoms with Crippen molar-refractivity contribution in [3.8, 4) is 0 Å². The van der Waals surface area contributed by atoms with Gasteiger partial charge in [0.15, 0.2) is 0 Å². The molecule has 0 spiro atoms. The van der Waals surface area contributed by atoms with E-state index in [4.69, 9.17) is 0 Å². The van der Waals surface area contributed by atoms with Gasteiger partial charge in [-0.25, -0.2) is 0 Å². The van der Waals surface area contributed by atoms with Gasteiger partial charge in [-0.05, 0) is 56.4 Å². The molecule has 4 atom stereocenters. The van der Waals surface area contributed by atoms with Gasteiger partial charge < -0.3 is 15.7 Å². The lowest BCUT2D eigenvalue weighted by atomic mass is 9.62. The zero-order valence-corrected chi connectivity index (χ0v) is 19.1. The summed E-state index contributed by atoms with van der Waals surface area (Å²) in [5.74, 6) is -2.75. The molecule has 0 unspecified atom stereocenters. The van der Waals surface area contributed by atoms with E-state index in [9.17, 15) is 19.5 Å². The number of aliphatic carboxylic acids is 1. The number of hydrogen-bond acceptors (Lipinski definition) is 4. The van der Waals surface area contributed by atoms with Gasteiger partial charge in [-0.2, -0.15) is 0 Å². The highest BCUT2D eigenvalue weighted by atomic mass is 32.1. The Labute approximate surface area is 187 Å². The third-order valence-corrected chi connectivity index (χ3v) is 8.37. The van der Waals surface area contributed by atoms with Crippen molar-refractivity contribution in [2.45, 2.75) is 71.3 Å². The number of allylic oxidation sites excluding steroid dienone is 2. The summed E-state index contributed by atoms with van der Waals surface area (Å²) in [7, 11) is 0. The normalized spacial score (nSPS) is 27.8. The van der Waals surface area contributed by atoms with Gasteiger partial charge in [0.1, 0.15) is 5.00 Å². The SMILES string of the molecule is CCc1c(C)sc(NC(=O)[C@@H]2[C@H](C(=O)O)[C@H]3C=C[C@H]2CC3)c1C(=O)NC1CCCCC1. The lowest BCUT2D eigenvalue weighted by molar-refractivity contribution is -0.151. The minimum Gasteiger partial charge on any atom is -0.481 e. The highest BCUT2D eigenvalue weighted by molar-refractivity contribution is 7.16. The first-order valence-electron chi connectivity index (χ1n) is 11.6. The van der Waals surface area contributed by atoms with Crippen molar-refractivity contribution < 1.29 is 19.5 Å². The summed E-state index contributed by atoms with van der Waals surface area (Å²) in [6.07, 6.45) is 11.8. The van der Waals surface area contributed by atoms with Crippen molar-refractivity contribution in [2.24, 2.45) is 23.7 Å². The summed E-state index contributed by atoms with van der Waals surface area (Å²) in [6.45, 7) is 3.99. The van der Waals surface area contributed by atoms with E-state index >= 15 is 0 Å². The number of aryl methyl sites for hydroxylation is 1. The molecule has 4 aliphatic rings. The number of carbonyl (C=O) groups is 3. The second-order valence-electron chi connectivity index (χ2n) is 9.17. The number of fused-ring (bicyclic) bond motifs is 2. The molecule has 2 bridgehead atoms. The number of hydrogen-bond donors (Lipinski definition) is 3. The van der Waals surface area contributed by atoms with E-state index in [1.807, 2.05) is 26.0 Å². The first-order chi connectivity index (χ1) is 14.9. The largest absolute Gasteiger partial charge is 0.481 e. The van der Waals surface area contributed by atoms with Crippen molar-refractivity contribution in [1.29, 1.82) is 0 Å². The number of thiophene rings is 1. The number of carbonyl (C=O) groups excluding carboxylic acids is 2. The maximum Gasteiger partial charge on any atom is 0.307 e. The standard InChI is InChI=1S/C24H32N2O4S/c1-3-17-13(2)31-23(20(17)22(28)25-16-7-5-4-6-8-16)26-21(27)18-14-9-11-15(12-10-14)19(18)24(29)30/h9,11,14-16,18-19H,3-8,10,12H2,1-2H3,(H,25,28)(H,26,27)(H,29,30)/t14-,15-,18-,19+/m0/s1. The summed E-state index contributed by atoms with van der Waals surface area (Å²) >= 11 is 1.42. The molecule has 0 aliphatic heterocycles. The van der Waals surface area contributed by atoms with Gasteiger partial charge in [0.25, 0.3) is 5.91 Å². The van der Waals surface area contributed by atoms with Crippen LogP contribution in [0.2, 0.25) is 0 Å². The molecular weight excluding hydrogens is 412 g/mol. The monoisotopic (exact) mass is 444 g/mol. The first-order valence-corrected chi connectivity index (χ1v) is 12.4. The molecule has 0 saturated heterocycles. The second kappa shape index (κ2) is 9.15. The molecule has 2 amide bonds. The van der Waals surface area contributed by atoms with Gasteiger partial charge in [0.05, 0.1) is 17.4 Å². The summed E-state index contributed by atoms with van der Waals surface area (Å²) in [6, 6.07) is 0.185. The molecule has 4 aliphatic carbocycles. The highest BCUT2D eigenvalue weighted by Gasteiger charge is 2.48. The minimum atomic E-state index is -0.911. The Morgan fingerprint density at radius 3 is 2.26 bits per heavy atom. The van der Waals surface area contributed by atoms with Gasteiger partial charge in [0.2, 0.25) is 5.91 Å². The fraction of sp³-hybridized carbons (Fsp3) is 0.625. The summed E-state index contributed by atoms with van der Waals surface area (Å²) < 4.78 is 0. The number of amides is 2. The summed E-state index contributed by atoms with van der Waals surface area (Å²) in [5.41, 5.74) is 1.53. The van der Waals surface area contributed by atoms with Crippen LogP contribution in [0.3, 0.4) is 0 Å². The molecule has 0 radical (unpaired) electrons. The van der Waals surface area contributed by atoms with Crippen LogP contribution in [0.1, 0.15) is 72.7 Å². The number of rotatable bonds is 6. The quantitative estimate of drug-likeness (QED) is 0.562. The fourth-order valence-electron chi connectivity index (χ4n) is 5.72. The Balaban J connectivity index is 1.58. The molecule has 1 aromatic rings. The van der Waals surface area contributed by atoms with E-state index in [1.54, 1.807) is 0 Å². The Kier molecular flexibility index (Phi) is 6.51. The van der Waals surface area contributed by atoms with Gasteiger partial charge in [-0.15, -0.1) is 11.3 Å². The number of anilines is 1. The zero-order valence-electron chi connectivity index (χ0n) is 18.3. The van der Waals surface area contributed by atoms with Crippen LogP contribution in [-0.4, -0.2) is 28.9 Å². The van der Waals surface area contributed by atoms with E-state index in [-0.39, 0.29) is 29.7 Å². The topological polar surface area (TPSA) is 95.5 Å². The molecule has 0 aromatic carbocycles. The van der Waals surface area contributed by atoms with Crippen LogP contribution in [0.15, 0.2) is 12.2 Å². The highest BCUT2D eigenvalue weighted by Crippen LogP contribution is 2.46. The molecule has 1 heterocycles. The van der Waals surface area contributed by atoms with Gasteiger partial charge in [-0.1, -0.05) is 38.3 Å². The molecule has 168 valence electrons. The molecule has 5 rings (SSSR count). The maximum atomic E-state index is 13.3. The van der Waals surface area contributed by atoms with Crippen LogP contribution in [-0.2, 0) is 16.0 Å². The molecule has 1 aromatic heterocycles. The number of carboxylic acid groups (broad SMARTS) is 1. The van der Waals surface area contributed by atoms with E-state index < -0.39 is 17.8 Å².